The van der Waals surface area contributed by atoms with Crippen LogP contribution < -0.4 is 22.5 Å². The molecule has 9 nitrogen and oxygen atoms in total. The smallest absolute Gasteiger partial charge is 0.332 e. The summed E-state index contributed by atoms with van der Waals surface area (Å²) in [5.41, 5.74) is 2.28. The van der Waals surface area contributed by atoms with E-state index in [2.05, 4.69) is 10.4 Å². The summed E-state index contributed by atoms with van der Waals surface area (Å²) in [6, 6.07) is 0. The molecule has 0 aliphatic heterocycles. The number of imidazole rings is 1. The molecule has 9 heteroatoms. The number of nitrogens with two attached hydrogens (primary N) is 1. The van der Waals surface area contributed by atoms with Gasteiger partial charge in [0.15, 0.2) is 11.2 Å². The second-order valence-electron chi connectivity index (χ2n) is 4.29. The van der Waals surface area contributed by atoms with Crippen molar-refractivity contribution >= 4 is 17.1 Å². The van der Waals surface area contributed by atoms with Gasteiger partial charge < -0.3 is 9.30 Å². The molecule has 0 radical (unpaired) electrons. The van der Waals surface area contributed by atoms with Crippen LogP contribution in [0.1, 0.15) is 6.92 Å². The molecule has 2 heterocycles. The summed E-state index contributed by atoms with van der Waals surface area (Å²) < 4.78 is 9.10. The first-order valence-corrected chi connectivity index (χ1v) is 6.22. The van der Waals surface area contributed by atoms with Crippen molar-refractivity contribution in [2.24, 2.45) is 12.9 Å². The van der Waals surface area contributed by atoms with Crippen molar-refractivity contribution in [2.45, 2.75) is 20.0 Å². The number of aryl methyl sites for hydroxylation is 1. The molecule has 0 aliphatic rings. The van der Waals surface area contributed by atoms with Gasteiger partial charge in [0.25, 0.3) is 5.56 Å². The highest BCUT2D eigenvalue weighted by molar-refractivity contribution is 5.74. The van der Waals surface area contributed by atoms with E-state index >= 15 is 0 Å². The quantitative estimate of drug-likeness (QED) is 0.529. The van der Waals surface area contributed by atoms with Crippen molar-refractivity contribution < 1.29 is 4.74 Å². The van der Waals surface area contributed by atoms with Crippen molar-refractivity contribution in [1.82, 2.24) is 18.7 Å². The standard InChI is InChI=1S/C11H18N6O3/c1-4-16-7-8(13-10(16)14-12)17(5-6-20-3)11(19)15(2)9(7)18/h4-6,12H2,1-3H3,(H,13,14). The maximum atomic E-state index is 12.3. The minimum atomic E-state index is -0.427. The number of rotatable bonds is 5. The molecule has 3 N–H and O–H groups in total. The Hall–Kier alpha value is -2.13. The fraction of sp³-hybridized carbons (Fsp3) is 0.545. The summed E-state index contributed by atoms with van der Waals surface area (Å²) in [7, 11) is 2.98. The molecule has 2 aromatic rings. The number of nitrogens with zero attached hydrogens (tertiary/aromatic N) is 4. The van der Waals surface area contributed by atoms with Gasteiger partial charge in [0, 0.05) is 20.7 Å². The van der Waals surface area contributed by atoms with Crippen LogP contribution in [0.4, 0.5) is 5.95 Å². The van der Waals surface area contributed by atoms with E-state index in [1.807, 2.05) is 6.92 Å². The van der Waals surface area contributed by atoms with Gasteiger partial charge in [-0.15, -0.1) is 0 Å². The van der Waals surface area contributed by atoms with Gasteiger partial charge in [-0.1, -0.05) is 0 Å². The molecule has 0 aromatic carbocycles. The van der Waals surface area contributed by atoms with Gasteiger partial charge in [-0.05, 0) is 6.92 Å². The second kappa shape index (κ2) is 5.47. The molecule has 20 heavy (non-hydrogen) atoms. The van der Waals surface area contributed by atoms with Crippen LogP contribution in [-0.2, 0) is 24.9 Å². The first-order valence-electron chi connectivity index (χ1n) is 6.22. The summed E-state index contributed by atoms with van der Waals surface area (Å²) in [5, 5.41) is 0. The Morgan fingerprint density at radius 1 is 1.35 bits per heavy atom. The number of nitrogens with one attached hydrogen (secondary N) is 1. The van der Waals surface area contributed by atoms with Crippen molar-refractivity contribution in [3.63, 3.8) is 0 Å². The van der Waals surface area contributed by atoms with E-state index in [-0.39, 0.29) is 0 Å². The van der Waals surface area contributed by atoms with E-state index in [9.17, 15) is 9.59 Å². The zero-order valence-corrected chi connectivity index (χ0v) is 11.7. The lowest BCUT2D eigenvalue weighted by atomic mass is 10.4. The second-order valence-corrected chi connectivity index (χ2v) is 4.29. The van der Waals surface area contributed by atoms with Crippen LogP contribution in [-0.4, -0.2) is 32.4 Å². The van der Waals surface area contributed by atoms with Gasteiger partial charge in [0.05, 0.1) is 13.2 Å². The molecule has 0 atom stereocenters. The SMILES string of the molecule is CCn1c(NN)nc2c1c(=O)n(C)c(=O)n2CCOC. The minimum absolute atomic E-state index is 0.310. The van der Waals surface area contributed by atoms with E-state index in [0.717, 1.165) is 4.57 Å². The number of fused-ring (bicyclic) bond motifs is 1. The molecule has 0 aliphatic carbocycles. The largest absolute Gasteiger partial charge is 0.383 e. The number of ether oxygens (including phenoxy) is 1. The molecule has 0 amide bonds. The third kappa shape index (κ3) is 2.00. The third-order valence-corrected chi connectivity index (χ3v) is 3.19. The molecule has 0 spiro atoms. The van der Waals surface area contributed by atoms with Crippen LogP contribution in [0.5, 0.6) is 0 Å². The van der Waals surface area contributed by atoms with E-state index < -0.39 is 11.2 Å². The zero-order chi connectivity index (χ0) is 14.9. The highest BCUT2D eigenvalue weighted by Crippen LogP contribution is 2.14. The van der Waals surface area contributed by atoms with E-state index in [4.69, 9.17) is 10.6 Å². The molecule has 0 saturated heterocycles. The Morgan fingerprint density at radius 3 is 2.60 bits per heavy atom. The molecule has 0 fully saturated rings. The van der Waals surface area contributed by atoms with E-state index in [0.29, 0.717) is 36.8 Å². The highest BCUT2D eigenvalue weighted by atomic mass is 16.5. The lowest BCUT2D eigenvalue weighted by molar-refractivity contribution is 0.186. The minimum Gasteiger partial charge on any atom is -0.383 e. The Morgan fingerprint density at radius 2 is 2.05 bits per heavy atom. The maximum Gasteiger partial charge on any atom is 0.332 e. The van der Waals surface area contributed by atoms with Crippen LogP contribution in [0.25, 0.3) is 11.2 Å². The Labute approximate surface area is 114 Å². The Balaban J connectivity index is 2.89. The van der Waals surface area contributed by atoms with Crippen molar-refractivity contribution in [3.05, 3.63) is 20.8 Å². The molecule has 0 unspecified atom stereocenters. The number of hydrogen-bond donors (Lipinski definition) is 2. The van der Waals surface area contributed by atoms with Crippen molar-refractivity contribution in [1.29, 1.82) is 0 Å². The number of hydrogen-bond acceptors (Lipinski definition) is 6. The number of anilines is 1. The topological polar surface area (TPSA) is 109 Å². The number of aromatic nitrogens is 4. The summed E-state index contributed by atoms with van der Waals surface area (Å²) in [4.78, 5) is 28.7. The first-order chi connectivity index (χ1) is 9.56. The Bertz CT molecular complexity index is 741. The van der Waals surface area contributed by atoms with Gasteiger partial charge in [-0.3, -0.25) is 19.4 Å². The summed E-state index contributed by atoms with van der Waals surface area (Å²) in [6.07, 6.45) is 0. The van der Waals surface area contributed by atoms with Crippen LogP contribution in [0.2, 0.25) is 0 Å². The van der Waals surface area contributed by atoms with Crippen LogP contribution in [0.3, 0.4) is 0 Å². The lowest BCUT2D eigenvalue weighted by Crippen LogP contribution is -2.39. The summed E-state index contributed by atoms with van der Waals surface area (Å²) in [5.74, 6) is 5.76. The van der Waals surface area contributed by atoms with Gasteiger partial charge >= 0.3 is 5.69 Å². The first kappa shape index (κ1) is 14.3. The fourth-order valence-corrected chi connectivity index (χ4v) is 2.16. The van der Waals surface area contributed by atoms with E-state index in [1.165, 1.54) is 11.6 Å². The molecule has 2 aromatic heterocycles. The molecule has 2 rings (SSSR count). The third-order valence-electron chi connectivity index (χ3n) is 3.19. The molecule has 110 valence electrons. The monoisotopic (exact) mass is 282 g/mol. The summed E-state index contributed by atoms with van der Waals surface area (Å²) in [6.45, 7) is 3.03. The van der Waals surface area contributed by atoms with Crippen molar-refractivity contribution in [2.75, 3.05) is 19.1 Å². The number of hydrazine groups is 1. The number of methoxy groups -OCH3 is 1. The average molecular weight is 282 g/mol. The molecule has 0 bridgehead atoms. The highest BCUT2D eigenvalue weighted by Gasteiger charge is 2.18. The lowest BCUT2D eigenvalue weighted by Gasteiger charge is -2.09. The van der Waals surface area contributed by atoms with Crippen LogP contribution in [0.15, 0.2) is 9.59 Å². The maximum absolute atomic E-state index is 12.3. The van der Waals surface area contributed by atoms with E-state index in [1.54, 1.807) is 11.7 Å². The van der Waals surface area contributed by atoms with Gasteiger partial charge in [0.1, 0.15) is 0 Å². The van der Waals surface area contributed by atoms with Gasteiger partial charge in [0.2, 0.25) is 5.95 Å². The van der Waals surface area contributed by atoms with Crippen LogP contribution in [0, 0.1) is 0 Å². The van der Waals surface area contributed by atoms with Gasteiger partial charge in [-0.25, -0.2) is 10.6 Å². The zero-order valence-electron chi connectivity index (χ0n) is 11.7. The van der Waals surface area contributed by atoms with Gasteiger partial charge in [-0.2, -0.15) is 4.98 Å². The Kier molecular flexibility index (Phi) is 3.91. The molecular formula is C11H18N6O3. The normalized spacial score (nSPS) is 11.2. The molecular weight excluding hydrogens is 264 g/mol. The fourth-order valence-electron chi connectivity index (χ4n) is 2.16. The van der Waals surface area contributed by atoms with Crippen LogP contribution >= 0.6 is 0 Å². The summed E-state index contributed by atoms with van der Waals surface area (Å²) >= 11 is 0. The van der Waals surface area contributed by atoms with Crippen molar-refractivity contribution in [3.8, 4) is 0 Å². The number of nitrogen functional groups attached to an aromatic ring is 1. The predicted octanol–water partition coefficient (Wildman–Crippen LogP) is -1.15. The predicted molar refractivity (Wildman–Crippen MR) is 74.6 cm³/mol. The average Bonchev–Trinajstić information content (AvgIpc) is 2.83. The molecule has 0 saturated carbocycles.